The van der Waals surface area contributed by atoms with Gasteiger partial charge in [0.15, 0.2) is 34.7 Å². The van der Waals surface area contributed by atoms with Gasteiger partial charge in [0, 0.05) is 17.0 Å². The first kappa shape index (κ1) is 27.4. The van der Waals surface area contributed by atoms with Gasteiger partial charge in [-0.1, -0.05) is 37.0 Å². The molecule has 206 valence electrons. The number of nitrogens with two attached hydrogens (primary N) is 1. The smallest absolute Gasteiger partial charge is 0.235 e. The lowest BCUT2D eigenvalue weighted by Crippen LogP contribution is -2.77. The molecule has 2 unspecified atom stereocenters. The number of fused-ring (bicyclic) bond motifs is 3. The number of Topliss-reactive ketones (excluding diaryl/α,β-unsaturated/α-hetero) is 4. The number of amides is 1. The number of aliphatic hydroxyl groups excluding tert-OH is 1. The molecular weight excluding hydrogens is 516 g/mol. The fraction of sp³-hybridized carbons (Fsp3) is 0.367. The van der Waals surface area contributed by atoms with Crippen LogP contribution in [0.4, 0.5) is 0 Å². The minimum absolute atomic E-state index is 0.189. The second kappa shape index (κ2) is 9.48. The summed E-state index contributed by atoms with van der Waals surface area (Å²) in [7, 11) is 2.89. The average molecular weight is 545 g/mol. The largest absolute Gasteiger partial charge is 0.507 e. The van der Waals surface area contributed by atoms with Crippen LogP contribution < -0.4 is 5.73 Å². The number of hydrogen-bond acceptors (Lipinski definition) is 9. The van der Waals surface area contributed by atoms with E-state index in [9.17, 15) is 39.3 Å². The number of hydrogen-bond donors (Lipinski definition) is 4. The summed E-state index contributed by atoms with van der Waals surface area (Å²) in [6, 6.07) is 10.4. The van der Waals surface area contributed by atoms with E-state index in [2.05, 4.69) is 11.8 Å². The molecule has 0 aliphatic heterocycles. The molecule has 0 bridgehead atoms. The van der Waals surface area contributed by atoms with Crippen LogP contribution in [-0.4, -0.2) is 81.1 Å². The molecule has 1 amide bonds. The Bertz CT molecular complexity index is 1540. The van der Waals surface area contributed by atoms with Crippen LogP contribution in [0.3, 0.4) is 0 Å². The predicted molar refractivity (Wildman–Crippen MR) is 140 cm³/mol. The Labute approximate surface area is 229 Å². The summed E-state index contributed by atoms with van der Waals surface area (Å²) in [6.07, 6.45) is -1.70. The molecule has 2 saturated carbocycles. The molecule has 2 aromatic rings. The van der Waals surface area contributed by atoms with Crippen molar-refractivity contribution in [1.29, 1.82) is 0 Å². The van der Waals surface area contributed by atoms with Crippen molar-refractivity contribution in [1.82, 2.24) is 4.90 Å². The maximum atomic E-state index is 14.0. The zero-order chi connectivity index (χ0) is 29.3. The SMILES string of the molecule is C[C@H]1c2c(C#Cc3ccccc3)ccc(O)c2C(=O)C2C(=O)[C@]3(O)C(=O)C(C(N)=O)C(=O)[C@@H](N(C)C)[C@@H]3[C@@H](O)[C@@H]21. The van der Waals surface area contributed by atoms with Crippen molar-refractivity contribution in [3.63, 3.8) is 0 Å². The van der Waals surface area contributed by atoms with E-state index in [0.29, 0.717) is 16.7 Å². The van der Waals surface area contributed by atoms with Gasteiger partial charge in [0.25, 0.3) is 0 Å². The van der Waals surface area contributed by atoms with Crippen molar-refractivity contribution in [2.75, 3.05) is 14.1 Å². The van der Waals surface area contributed by atoms with E-state index < -0.39 is 82.1 Å². The molecule has 3 aliphatic rings. The second-order valence-electron chi connectivity index (χ2n) is 10.9. The summed E-state index contributed by atoms with van der Waals surface area (Å²) >= 11 is 0. The van der Waals surface area contributed by atoms with E-state index in [1.54, 1.807) is 19.1 Å². The molecule has 5 N–H and O–H groups in total. The maximum Gasteiger partial charge on any atom is 0.235 e. The Morgan fingerprint density at radius 3 is 2.25 bits per heavy atom. The lowest BCUT2D eigenvalue weighted by Gasteiger charge is -2.56. The minimum atomic E-state index is -3.03. The molecule has 3 aliphatic carbocycles. The molecule has 5 rings (SSSR count). The van der Waals surface area contributed by atoms with Crippen LogP contribution >= 0.6 is 0 Å². The van der Waals surface area contributed by atoms with E-state index in [1.807, 2.05) is 18.2 Å². The van der Waals surface area contributed by atoms with E-state index in [0.717, 1.165) is 0 Å². The van der Waals surface area contributed by atoms with Crippen LogP contribution in [0.1, 0.15) is 39.9 Å². The van der Waals surface area contributed by atoms with Crippen LogP contribution in [-0.2, 0) is 19.2 Å². The molecule has 2 aromatic carbocycles. The third-order valence-electron chi connectivity index (χ3n) is 8.58. The number of carbonyl (C=O) groups excluding carboxylic acids is 5. The quantitative estimate of drug-likeness (QED) is 0.295. The highest BCUT2D eigenvalue weighted by atomic mass is 16.3. The Morgan fingerprint density at radius 2 is 1.65 bits per heavy atom. The Balaban J connectivity index is 1.70. The van der Waals surface area contributed by atoms with Crippen LogP contribution in [0, 0.1) is 35.5 Å². The van der Waals surface area contributed by atoms with Gasteiger partial charge in [-0.15, -0.1) is 0 Å². The van der Waals surface area contributed by atoms with Gasteiger partial charge < -0.3 is 21.1 Å². The number of phenols is 1. The van der Waals surface area contributed by atoms with Crippen molar-refractivity contribution in [2.45, 2.75) is 30.6 Å². The summed E-state index contributed by atoms with van der Waals surface area (Å²) in [5.41, 5.74) is 3.52. The summed E-state index contributed by atoms with van der Waals surface area (Å²) in [5, 5.41) is 34.2. The molecule has 10 heteroatoms. The van der Waals surface area contributed by atoms with Gasteiger partial charge in [0.2, 0.25) is 5.91 Å². The number of phenolic OH excluding ortho intramolecular Hbond substituents is 1. The van der Waals surface area contributed by atoms with Gasteiger partial charge in [-0.3, -0.25) is 28.9 Å². The molecule has 0 aromatic heterocycles. The van der Waals surface area contributed by atoms with E-state index in [4.69, 9.17) is 5.73 Å². The highest BCUT2D eigenvalue weighted by Crippen LogP contribution is 2.54. The first-order chi connectivity index (χ1) is 18.8. The average Bonchev–Trinajstić information content (AvgIpc) is 2.90. The molecule has 10 nitrogen and oxygen atoms in total. The van der Waals surface area contributed by atoms with Crippen molar-refractivity contribution in [3.8, 4) is 17.6 Å². The molecular formula is C30H28N2O8. The van der Waals surface area contributed by atoms with Crippen LogP contribution in [0.15, 0.2) is 42.5 Å². The fourth-order valence-corrected chi connectivity index (χ4v) is 6.84. The number of ketones is 4. The Hall–Kier alpha value is -4.17. The van der Waals surface area contributed by atoms with Gasteiger partial charge in [-0.25, -0.2) is 0 Å². The summed E-state index contributed by atoms with van der Waals surface area (Å²) in [6.45, 7) is 1.65. The van der Waals surface area contributed by atoms with Crippen molar-refractivity contribution < 1.29 is 39.3 Å². The van der Waals surface area contributed by atoms with Crippen LogP contribution in [0.2, 0.25) is 0 Å². The molecule has 8 atom stereocenters. The van der Waals surface area contributed by atoms with Crippen molar-refractivity contribution >= 4 is 29.0 Å². The van der Waals surface area contributed by atoms with Crippen molar-refractivity contribution in [3.05, 3.63) is 64.7 Å². The summed E-state index contributed by atoms with van der Waals surface area (Å²) in [4.78, 5) is 68.0. The topological polar surface area (TPSA) is 175 Å². The lowest BCUT2D eigenvalue weighted by molar-refractivity contribution is -0.196. The zero-order valence-electron chi connectivity index (χ0n) is 22.0. The van der Waals surface area contributed by atoms with Gasteiger partial charge in [0.05, 0.1) is 29.5 Å². The number of benzene rings is 2. The third kappa shape index (κ3) is 3.66. The number of carbonyl (C=O) groups is 5. The molecule has 0 spiro atoms. The van der Waals surface area contributed by atoms with E-state index in [-0.39, 0.29) is 5.56 Å². The second-order valence-corrected chi connectivity index (χ2v) is 10.9. The molecule has 2 fully saturated rings. The normalized spacial score (nSPS) is 33.0. The summed E-state index contributed by atoms with van der Waals surface area (Å²) in [5.74, 6) is -7.70. The zero-order valence-corrected chi connectivity index (χ0v) is 22.0. The van der Waals surface area contributed by atoms with Crippen molar-refractivity contribution in [2.24, 2.45) is 29.4 Å². The summed E-state index contributed by atoms with van der Waals surface area (Å²) < 4.78 is 0. The van der Waals surface area contributed by atoms with Crippen LogP contribution in [0.25, 0.3) is 0 Å². The first-order valence-corrected chi connectivity index (χ1v) is 12.8. The van der Waals surface area contributed by atoms with Gasteiger partial charge in [-0.05, 0) is 49.8 Å². The number of aliphatic hydroxyl groups is 2. The Morgan fingerprint density at radius 1 is 1.00 bits per heavy atom. The van der Waals surface area contributed by atoms with Crippen LogP contribution in [0.5, 0.6) is 5.75 Å². The standard InChI is InChI=1S/C30H28N2O8/c1-13-17-15(10-9-14-7-5-4-6-8-14)11-12-16(33)19(17)24(34)20-18(13)25(35)22-23(32(2)3)26(36)21(29(31)39)28(38)30(22,40)27(20)37/h4-8,11-13,18,20-23,25,33,35,40H,1-3H3,(H2,31,39)/t13-,18+,20?,21?,22+,23-,25-,30-/m0/s1. The van der Waals surface area contributed by atoms with Gasteiger partial charge >= 0.3 is 0 Å². The van der Waals surface area contributed by atoms with E-state index >= 15 is 0 Å². The molecule has 40 heavy (non-hydrogen) atoms. The highest BCUT2D eigenvalue weighted by molar-refractivity contribution is 6.32. The lowest BCUT2D eigenvalue weighted by atomic mass is 9.49. The van der Waals surface area contributed by atoms with Gasteiger partial charge in [-0.2, -0.15) is 0 Å². The first-order valence-electron chi connectivity index (χ1n) is 12.8. The molecule has 0 radical (unpaired) electrons. The fourth-order valence-electron chi connectivity index (χ4n) is 6.84. The third-order valence-corrected chi connectivity index (χ3v) is 8.58. The predicted octanol–water partition coefficient (Wildman–Crippen LogP) is -0.201. The molecule has 0 heterocycles. The van der Waals surface area contributed by atoms with Gasteiger partial charge in [0.1, 0.15) is 5.75 Å². The Kier molecular flexibility index (Phi) is 6.50. The number of primary amides is 1. The number of nitrogens with zero attached hydrogens (tertiary/aromatic N) is 1. The highest BCUT2D eigenvalue weighted by Gasteiger charge is 2.73. The number of aromatic hydroxyl groups is 1. The minimum Gasteiger partial charge on any atom is -0.507 e. The number of rotatable bonds is 2. The van der Waals surface area contributed by atoms with E-state index in [1.165, 1.54) is 31.1 Å². The number of likely N-dealkylation sites (N-methyl/N-ethyl adjacent to an activating group) is 1. The molecule has 0 saturated heterocycles. The maximum absolute atomic E-state index is 14.0. The monoisotopic (exact) mass is 544 g/mol.